The van der Waals surface area contributed by atoms with Crippen molar-refractivity contribution in [3.8, 4) is 0 Å². The first kappa shape index (κ1) is 10.5. The van der Waals surface area contributed by atoms with Crippen LogP contribution in [0.3, 0.4) is 0 Å². The number of carbonyl (C=O) groups is 1. The van der Waals surface area contributed by atoms with Gasteiger partial charge in [-0.25, -0.2) is 4.79 Å². The van der Waals surface area contributed by atoms with Crippen LogP contribution in [0.15, 0.2) is 0 Å². The van der Waals surface area contributed by atoms with Crippen LogP contribution in [-0.2, 0) is 19.2 Å². The van der Waals surface area contributed by atoms with Gasteiger partial charge in [-0.2, -0.15) is 5.26 Å². The summed E-state index contributed by atoms with van der Waals surface area (Å²) in [7, 11) is 0. The Balaban J connectivity index is 1.59. The van der Waals surface area contributed by atoms with E-state index in [-0.39, 0.29) is 5.79 Å². The second-order valence-corrected chi connectivity index (χ2v) is 5.08. The monoisotopic (exact) mass is 228 g/mol. The van der Waals surface area contributed by atoms with Gasteiger partial charge in [-0.05, 0) is 24.7 Å². The predicted octanol–water partition coefficient (Wildman–Crippen LogP) is 1.18. The van der Waals surface area contributed by atoms with Crippen LogP contribution >= 0.6 is 0 Å². The summed E-state index contributed by atoms with van der Waals surface area (Å²) in [6, 6.07) is 0. The van der Waals surface area contributed by atoms with Crippen molar-refractivity contribution in [1.82, 2.24) is 0 Å². The standard InChI is InChI=1S/C11H16O5/c12-10(16-13)5-7-3-8-6-11(9(8)4-7)14-1-2-15-11/h7-9,13H,1-6H2. The van der Waals surface area contributed by atoms with Crippen molar-refractivity contribution in [3.05, 3.63) is 0 Å². The maximum atomic E-state index is 11.0. The second-order valence-electron chi connectivity index (χ2n) is 5.08. The topological polar surface area (TPSA) is 65.0 Å². The van der Waals surface area contributed by atoms with Crippen LogP contribution in [-0.4, -0.2) is 30.2 Å². The van der Waals surface area contributed by atoms with Crippen molar-refractivity contribution >= 4 is 5.97 Å². The summed E-state index contributed by atoms with van der Waals surface area (Å²) in [5.74, 6) is 0.499. The summed E-state index contributed by atoms with van der Waals surface area (Å²) in [5.41, 5.74) is 0. The lowest BCUT2D eigenvalue weighted by Crippen LogP contribution is -2.52. The molecule has 0 aromatic heterocycles. The average Bonchev–Trinajstić information content (AvgIpc) is 2.85. The van der Waals surface area contributed by atoms with E-state index in [9.17, 15) is 4.79 Å². The Bertz CT molecular complexity index is 297. The lowest BCUT2D eigenvalue weighted by molar-refractivity contribution is -0.267. The normalized spacial score (nSPS) is 39.4. The van der Waals surface area contributed by atoms with E-state index in [1.54, 1.807) is 0 Å². The number of fused-ring (bicyclic) bond motifs is 2. The van der Waals surface area contributed by atoms with E-state index in [0.29, 0.717) is 37.4 Å². The van der Waals surface area contributed by atoms with Gasteiger partial charge in [-0.1, -0.05) is 0 Å². The number of rotatable bonds is 2. The summed E-state index contributed by atoms with van der Waals surface area (Å²) in [5, 5.41) is 8.25. The lowest BCUT2D eigenvalue weighted by Gasteiger charge is -2.47. The first-order valence-electron chi connectivity index (χ1n) is 5.86. The lowest BCUT2D eigenvalue weighted by atomic mass is 9.70. The average molecular weight is 228 g/mol. The summed E-state index contributed by atoms with van der Waals surface area (Å²) in [6.45, 7) is 1.37. The first-order valence-corrected chi connectivity index (χ1v) is 5.86. The van der Waals surface area contributed by atoms with Crippen LogP contribution < -0.4 is 0 Å². The molecule has 2 saturated carbocycles. The third-order valence-corrected chi connectivity index (χ3v) is 4.24. The molecule has 0 bridgehead atoms. The zero-order chi connectivity index (χ0) is 11.2. The van der Waals surface area contributed by atoms with E-state index >= 15 is 0 Å². The minimum atomic E-state index is -0.534. The van der Waals surface area contributed by atoms with Gasteiger partial charge in [0.1, 0.15) is 0 Å². The first-order chi connectivity index (χ1) is 7.73. The molecular formula is C11H16O5. The summed E-state index contributed by atoms with van der Waals surface area (Å²) in [6.07, 6.45) is 3.23. The maximum Gasteiger partial charge on any atom is 0.342 e. The van der Waals surface area contributed by atoms with Crippen LogP contribution in [0.2, 0.25) is 0 Å². The van der Waals surface area contributed by atoms with Crippen molar-refractivity contribution < 1.29 is 24.4 Å². The zero-order valence-electron chi connectivity index (χ0n) is 9.05. The van der Waals surface area contributed by atoms with E-state index in [2.05, 4.69) is 4.89 Å². The molecule has 3 aliphatic rings. The molecule has 3 unspecified atom stereocenters. The molecule has 2 aliphatic carbocycles. The molecule has 0 radical (unpaired) electrons. The van der Waals surface area contributed by atoms with Gasteiger partial charge in [0.15, 0.2) is 5.79 Å². The fourth-order valence-electron chi connectivity index (χ4n) is 3.60. The molecule has 5 nitrogen and oxygen atoms in total. The van der Waals surface area contributed by atoms with Gasteiger partial charge >= 0.3 is 5.97 Å². The van der Waals surface area contributed by atoms with Crippen molar-refractivity contribution in [2.24, 2.45) is 17.8 Å². The molecule has 0 aromatic carbocycles. The van der Waals surface area contributed by atoms with Gasteiger partial charge in [0.2, 0.25) is 0 Å². The molecule has 0 aromatic rings. The molecule has 16 heavy (non-hydrogen) atoms. The Kier molecular flexibility index (Phi) is 2.42. The number of hydrogen-bond acceptors (Lipinski definition) is 5. The fraction of sp³-hybridized carbons (Fsp3) is 0.909. The SMILES string of the molecule is O=C(CC1CC2CC3(OCCO3)C2C1)OO. The molecule has 0 amide bonds. The summed E-state index contributed by atoms with van der Waals surface area (Å²) in [4.78, 5) is 14.7. The second kappa shape index (κ2) is 3.68. The van der Waals surface area contributed by atoms with E-state index in [4.69, 9.17) is 14.7 Å². The minimum Gasteiger partial charge on any atom is -0.347 e. The Morgan fingerprint density at radius 3 is 2.81 bits per heavy atom. The molecule has 1 N–H and O–H groups in total. The number of carbonyl (C=O) groups excluding carboxylic acids is 1. The van der Waals surface area contributed by atoms with Crippen molar-refractivity contribution in [1.29, 1.82) is 0 Å². The summed E-state index contributed by atoms with van der Waals surface area (Å²) >= 11 is 0. The van der Waals surface area contributed by atoms with Crippen molar-refractivity contribution in [2.75, 3.05) is 13.2 Å². The smallest absolute Gasteiger partial charge is 0.342 e. The van der Waals surface area contributed by atoms with Crippen LogP contribution in [0.4, 0.5) is 0 Å². The van der Waals surface area contributed by atoms with Crippen LogP contribution in [0.25, 0.3) is 0 Å². The third kappa shape index (κ3) is 1.46. The third-order valence-electron chi connectivity index (χ3n) is 4.24. The highest BCUT2D eigenvalue weighted by atomic mass is 17.1. The van der Waals surface area contributed by atoms with E-state index < -0.39 is 5.97 Å². The highest BCUT2D eigenvalue weighted by molar-refractivity contribution is 5.68. The van der Waals surface area contributed by atoms with E-state index in [0.717, 1.165) is 19.3 Å². The van der Waals surface area contributed by atoms with Crippen molar-refractivity contribution in [2.45, 2.75) is 31.5 Å². The highest BCUT2D eigenvalue weighted by Gasteiger charge is 2.61. The zero-order valence-corrected chi connectivity index (χ0v) is 9.05. The van der Waals surface area contributed by atoms with Crippen LogP contribution in [0.1, 0.15) is 25.7 Å². The van der Waals surface area contributed by atoms with Gasteiger partial charge in [0.25, 0.3) is 0 Å². The fourth-order valence-corrected chi connectivity index (χ4v) is 3.60. The van der Waals surface area contributed by atoms with Gasteiger partial charge in [-0.3, -0.25) is 0 Å². The molecule has 5 heteroatoms. The Labute approximate surface area is 93.6 Å². The Hall–Kier alpha value is -0.650. The van der Waals surface area contributed by atoms with Crippen molar-refractivity contribution in [3.63, 3.8) is 0 Å². The van der Waals surface area contributed by atoms with Gasteiger partial charge in [-0.15, -0.1) is 0 Å². The highest BCUT2D eigenvalue weighted by Crippen LogP contribution is 2.59. The van der Waals surface area contributed by atoms with Gasteiger partial charge < -0.3 is 14.4 Å². The molecule has 3 atom stereocenters. The molecule has 1 spiro atoms. The molecule has 1 aliphatic heterocycles. The Morgan fingerprint density at radius 1 is 1.38 bits per heavy atom. The van der Waals surface area contributed by atoms with Crippen LogP contribution in [0, 0.1) is 17.8 Å². The molecule has 1 heterocycles. The largest absolute Gasteiger partial charge is 0.347 e. The molecule has 1 saturated heterocycles. The molecular weight excluding hydrogens is 212 g/mol. The number of hydrogen-bond donors (Lipinski definition) is 1. The predicted molar refractivity (Wildman–Crippen MR) is 52.3 cm³/mol. The maximum absolute atomic E-state index is 11.0. The van der Waals surface area contributed by atoms with Gasteiger partial charge in [0, 0.05) is 12.3 Å². The number of ether oxygens (including phenoxy) is 2. The summed E-state index contributed by atoms with van der Waals surface area (Å²) < 4.78 is 11.4. The Morgan fingerprint density at radius 2 is 2.12 bits per heavy atom. The quantitative estimate of drug-likeness (QED) is 0.568. The van der Waals surface area contributed by atoms with E-state index in [1.165, 1.54) is 0 Å². The van der Waals surface area contributed by atoms with Gasteiger partial charge in [0.05, 0.1) is 19.6 Å². The van der Waals surface area contributed by atoms with Crippen LogP contribution in [0.5, 0.6) is 0 Å². The molecule has 3 rings (SSSR count). The molecule has 3 fully saturated rings. The minimum absolute atomic E-state index is 0.305. The van der Waals surface area contributed by atoms with E-state index in [1.807, 2.05) is 0 Å². The molecule has 90 valence electrons.